The third-order valence-electron chi connectivity index (χ3n) is 2.20. The molecule has 0 atom stereocenters. The fraction of sp³-hybridized carbons (Fsp3) is 0.417. The summed E-state index contributed by atoms with van der Waals surface area (Å²) >= 11 is 0. The number of benzene rings is 1. The summed E-state index contributed by atoms with van der Waals surface area (Å²) in [6.45, 7) is 0.912. The Morgan fingerprint density at radius 2 is 1.84 bits per heavy atom. The number of rotatable bonds is 7. The Morgan fingerprint density at radius 3 is 2.53 bits per heavy atom. The van der Waals surface area contributed by atoms with E-state index in [0.29, 0.717) is 19.3 Å². The first kappa shape index (κ1) is 15.3. The van der Waals surface area contributed by atoms with Crippen LogP contribution in [0.15, 0.2) is 12.1 Å². The smallest absolute Gasteiger partial charge is 0.341 e. The third-order valence-corrected chi connectivity index (χ3v) is 2.20. The van der Waals surface area contributed by atoms with Crippen LogP contribution in [0.4, 0.5) is 14.5 Å². The highest BCUT2D eigenvalue weighted by atomic mass is 19.1. The van der Waals surface area contributed by atoms with Crippen molar-refractivity contribution < 1.29 is 27.8 Å². The van der Waals surface area contributed by atoms with Crippen LogP contribution in [0.25, 0.3) is 0 Å². The van der Waals surface area contributed by atoms with Crippen molar-refractivity contribution in [1.29, 1.82) is 0 Å². The molecule has 0 aromatic heterocycles. The van der Waals surface area contributed by atoms with Crippen LogP contribution in [0.1, 0.15) is 10.4 Å². The molecule has 0 aliphatic carbocycles. The molecule has 1 rings (SSSR count). The average Bonchev–Trinajstić information content (AvgIpc) is 2.37. The van der Waals surface area contributed by atoms with Crippen LogP contribution in [0.5, 0.6) is 0 Å². The molecule has 0 amide bonds. The van der Waals surface area contributed by atoms with Crippen molar-refractivity contribution in [2.24, 2.45) is 0 Å². The van der Waals surface area contributed by atoms with Gasteiger partial charge in [0.2, 0.25) is 0 Å². The van der Waals surface area contributed by atoms with Gasteiger partial charge < -0.3 is 19.9 Å². The van der Waals surface area contributed by atoms with Gasteiger partial charge in [0.25, 0.3) is 0 Å². The molecule has 0 saturated carbocycles. The van der Waals surface area contributed by atoms with E-state index in [-0.39, 0.29) is 18.9 Å². The standard InChI is InChI=1S/C12H15F2NO4/c1-17-2-3-18-4-5-19-12(16)8-6-11(15)10(14)7-9(8)13/h6-7H,2-5,15H2,1H3. The molecule has 0 aliphatic rings. The zero-order valence-corrected chi connectivity index (χ0v) is 10.4. The van der Waals surface area contributed by atoms with Crippen molar-refractivity contribution >= 4 is 11.7 Å². The predicted molar refractivity (Wildman–Crippen MR) is 63.7 cm³/mol. The number of carbonyl (C=O) groups is 1. The Bertz CT molecular complexity index is 440. The molecule has 19 heavy (non-hydrogen) atoms. The molecule has 0 heterocycles. The fourth-order valence-electron chi connectivity index (χ4n) is 1.24. The second kappa shape index (κ2) is 7.65. The molecule has 0 radical (unpaired) electrons. The van der Waals surface area contributed by atoms with E-state index in [1.807, 2.05) is 0 Å². The Hall–Kier alpha value is -1.73. The van der Waals surface area contributed by atoms with Crippen molar-refractivity contribution in [3.05, 3.63) is 29.3 Å². The molecular formula is C12H15F2NO4. The van der Waals surface area contributed by atoms with E-state index in [9.17, 15) is 13.6 Å². The lowest BCUT2D eigenvalue weighted by atomic mass is 10.2. The number of ether oxygens (including phenoxy) is 3. The SMILES string of the molecule is COCCOCCOC(=O)c1cc(N)c(F)cc1F. The van der Waals surface area contributed by atoms with Crippen LogP contribution < -0.4 is 5.73 Å². The number of hydrogen-bond donors (Lipinski definition) is 1. The van der Waals surface area contributed by atoms with Gasteiger partial charge >= 0.3 is 5.97 Å². The number of halogens is 2. The topological polar surface area (TPSA) is 70.8 Å². The molecule has 1 aromatic carbocycles. The summed E-state index contributed by atoms with van der Waals surface area (Å²) < 4.78 is 40.8. The lowest BCUT2D eigenvalue weighted by Gasteiger charge is -2.07. The number of esters is 1. The second-order valence-electron chi connectivity index (χ2n) is 3.59. The third kappa shape index (κ3) is 4.80. The normalized spacial score (nSPS) is 10.5. The summed E-state index contributed by atoms with van der Waals surface area (Å²) in [5.74, 6) is -2.85. The van der Waals surface area contributed by atoms with Gasteiger partial charge in [0.05, 0.1) is 31.1 Å². The van der Waals surface area contributed by atoms with Crippen LogP contribution in [-0.2, 0) is 14.2 Å². The van der Waals surface area contributed by atoms with Gasteiger partial charge in [-0.05, 0) is 6.07 Å². The highest BCUT2D eigenvalue weighted by Crippen LogP contribution is 2.17. The van der Waals surface area contributed by atoms with Crippen LogP contribution in [-0.4, -0.2) is 39.5 Å². The van der Waals surface area contributed by atoms with Crippen LogP contribution >= 0.6 is 0 Å². The maximum atomic E-state index is 13.3. The summed E-state index contributed by atoms with van der Waals surface area (Å²) in [6, 6.07) is 1.44. The zero-order chi connectivity index (χ0) is 14.3. The second-order valence-corrected chi connectivity index (χ2v) is 3.59. The van der Waals surface area contributed by atoms with Crippen LogP contribution in [0.3, 0.4) is 0 Å². The Balaban J connectivity index is 2.43. The number of hydrogen-bond acceptors (Lipinski definition) is 5. The molecule has 5 nitrogen and oxygen atoms in total. The van der Waals surface area contributed by atoms with E-state index < -0.39 is 23.2 Å². The van der Waals surface area contributed by atoms with Gasteiger partial charge in [-0.1, -0.05) is 0 Å². The highest BCUT2D eigenvalue weighted by molar-refractivity contribution is 5.90. The molecule has 2 N–H and O–H groups in total. The summed E-state index contributed by atoms with van der Waals surface area (Å²) in [7, 11) is 1.53. The molecular weight excluding hydrogens is 260 g/mol. The number of anilines is 1. The zero-order valence-electron chi connectivity index (χ0n) is 10.4. The molecule has 0 unspecified atom stereocenters. The van der Waals surface area contributed by atoms with Gasteiger partial charge in [0.1, 0.15) is 18.2 Å². The lowest BCUT2D eigenvalue weighted by molar-refractivity contribution is 0.0210. The van der Waals surface area contributed by atoms with Gasteiger partial charge in [-0.3, -0.25) is 0 Å². The minimum Gasteiger partial charge on any atom is -0.460 e. The maximum Gasteiger partial charge on any atom is 0.341 e. The maximum absolute atomic E-state index is 13.3. The number of carbonyl (C=O) groups excluding carboxylic acids is 1. The van der Waals surface area contributed by atoms with E-state index >= 15 is 0 Å². The first-order valence-electron chi connectivity index (χ1n) is 5.54. The van der Waals surface area contributed by atoms with E-state index in [2.05, 4.69) is 0 Å². The number of nitrogen functional groups attached to an aromatic ring is 1. The molecule has 0 spiro atoms. The Kier molecular flexibility index (Phi) is 6.17. The Morgan fingerprint density at radius 1 is 1.16 bits per heavy atom. The highest BCUT2D eigenvalue weighted by Gasteiger charge is 2.16. The van der Waals surface area contributed by atoms with E-state index in [4.69, 9.17) is 19.9 Å². The van der Waals surface area contributed by atoms with Gasteiger partial charge in [0, 0.05) is 13.2 Å². The molecule has 0 saturated heterocycles. The fourth-order valence-corrected chi connectivity index (χ4v) is 1.24. The summed E-state index contributed by atoms with van der Waals surface area (Å²) in [5, 5.41) is 0. The van der Waals surface area contributed by atoms with Crippen molar-refractivity contribution in [3.8, 4) is 0 Å². The van der Waals surface area contributed by atoms with E-state index in [1.54, 1.807) is 0 Å². The first-order valence-corrected chi connectivity index (χ1v) is 5.54. The molecule has 7 heteroatoms. The molecule has 0 bridgehead atoms. The van der Waals surface area contributed by atoms with Crippen molar-refractivity contribution in [2.45, 2.75) is 0 Å². The average molecular weight is 275 g/mol. The lowest BCUT2D eigenvalue weighted by Crippen LogP contribution is -2.14. The largest absolute Gasteiger partial charge is 0.460 e. The van der Waals surface area contributed by atoms with Crippen LogP contribution in [0.2, 0.25) is 0 Å². The minimum atomic E-state index is -1.02. The van der Waals surface area contributed by atoms with Gasteiger partial charge in [-0.2, -0.15) is 0 Å². The molecule has 0 fully saturated rings. The predicted octanol–water partition coefficient (Wildman–Crippen LogP) is 1.37. The van der Waals surface area contributed by atoms with Crippen LogP contribution in [0, 0.1) is 11.6 Å². The van der Waals surface area contributed by atoms with E-state index in [0.717, 1.165) is 6.07 Å². The number of nitrogens with two attached hydrogens (primary N) is 1. The van der Waals surface area contributed by atoms with E-state index in [1.165, 1.54) is 7.11 Å². The van der Waals surface area contributed by atoms with Crippen molar-refractivity contribution in [2.75, 3.05) is 39.3 Å². The first-order chi connectivity index (χ1) is 9.06. The van der Waals surface area contributed by atoms with Crippen molar-refractivity contribution in [1.82, 2.24) is 0 Å². The summed E-state index contributed by atoms with van der Waals surface area (Å²) in [6.07, 6.45) is 0. The number of methoxy groups -OCH3 is 1. The Labute approximate surface area is 109 Å². The summed E-state index contributed by atoms with van der Waals surface area (Å²) in [4.78, 5) is 11.5. The minimum absolute atomic E-state index is 0.0424. The molecule has 106 valence electrons. The quantitative estimate of drug-likeness (QED) is 0.462. The van der Waals surface area contributed by atoms with Gasteiger partial charge in [-0.25, -0.2) is 13.6 Å². The molecule has 0 aliphatic heterocycles. The van der Waals surface area contributed by atoms with Gasteiger partial charge in [-0.15, -0.1) is 0 Å². The monoisotopic (exact) mass is 275 g/mol. The van der Waals surface area contributed by atoms with Crippen molar-refractivity contribution in [3.63, 3.8) is 0 Å². The summed E-state index contributed by atoms with van der Waals surface area (Å²) in [5.41, 5.74) is 4.53. The molecule has 1 aromatic rings. The van der Waals surface area contributed by atoms with Gasteiger partial charge in [0.15, 0.2) is 0 Å².